The largest absolute Gasteiger partial charge is 0.481 e. The summed E-state index contributed by atoms with van der Waals surface area (Å²) in [5.41, 5.74) is 2.31. The van der Waals surface area contributed by atoms with Crippen LogP contribution in [-0.2, 0) is 16.0 Å². The first kappa shape index (κ1) is 22.5. The van der Waals surface area contributed by atoms with E-state index in [1.54, 1.807) is 11.8 Å². The highest BCUT2D eigenvalue weighted by molar-refractivity contribution is 7.99. The highest BCUT2D eigenvalue weighted by Gasteiger charge is 2.25. The summed E-state index contributed by atoms with van der Waals surface area (Å²) in [5, 5.41) is 19.0. The van der Waals surface area contributed by atoms with Crippen molar-refractivity contribution in [3.63, 3.8) is 0 Å². The van der Waals surface area contributed by atoms with Gasteiger partial charge in [0.15, 0.2) is 0 Å². The third-order valence-electron chi connectivity index (χ3n) is 5.00. The number of likely N-dealkylation sites (tertiary alicyclic amines) is 1. The summed E-state index contributed by atoms with van der Waals surface area (Å²) in [7, 11) is 0. The lowest BCUT2D eigenvalue weighted by Crippen LogP contribution is -2.43. The average Bonchev–Trinajstić information content (AvgIpc) is 2.66. The maximum absolute atomic E-state index is 12.3. The SMILES string of the molecule is Cc1ccccc1CC(O)C=CC1CCCC(=O)N1CCCSCCC(=O)O. The third kappa shape index (κ3) is 7.68. The number of carbonyl (C=O) groups excluding carboxylic acids is 1. The van der Waals surface area contributed by atoms with Crippen LogP contribution in [0.1, 0.15) is 43.2 Å². The number of nitrogens with zero attached hydrogens (tertiary/aromatic N) is 1. The number of rotatable bonds is 11. The Bertz CT molecular complexity index is 676. The maximum atomic E-state index is 12.3. The van der Waals surface area contributed by atoms with Crippen molar-refractivity contribution in [1.29, 1.82) is 0 Å². The molecule has 1 heterocycles. The van der Waals surface area contributed by atoms with E-state index in [0.717, 1.165) is 30.6 Å². The van der Waals surface area contributed by atoms with Crippen molar-refractivity contribution in [1.82, 2.24) is 4.90 Å². The van der Waals surface area contributed by atoms with Gasteiger partial charge >= 0.3 is 5.97 Å². The summed E-state index contributed by atoms with van der Waals surface area (Å²) < 4.78 is 0. The van der Waals surface area contributed by atoms with Crippen LogP contribution >= 0.6 is 11.8 Å². The second kappa shape index (κ2) is 11.9. The molecule has 1 fully saturated rings. The lowest BCUT2D eigenvalue weighted by atomic mass is 9.98. The second-order valence-corrected chi connectivity index (χ2v) is 8.46. The molecule has 0 spiro atoms. The van der Waals surface area contributed by atoms with Crippen molar-refractivity contribution in [2.75, 3.05) is 18.1 Å². The molecule has 1 amide bonds. The molecule has 0 radical (unpaired) electrons. The number of carboxylic acid groups (broad SMARTS) is 1. The molecule has 2 atom stereocenters. The van der Waals surface area contributed by atoms with Crippen molar-refractivity contribution < 1.29 is 19.8 Å². The van der Waals surface area contributed by atoms with Gasteiger partial charge in [0.25, 0.3) is 0 Å². The summed E-state index contributed by atoms with van der Waals surface area (Å²) in [5.74, 6) is 0.860. The Balaban J connectivity index is 1.83. The zero-order valence-corrected chi connectivity index (χ0v) is 17.4. The molecule has 2 unspecified atom stereocenters. The minimum atomic E-state index is -0.770. The minimum absolute atomic E-state index is 0.0387. The van der Waals surface area contributed by atoms with Gasteiger partial charge in [-0.3, -0.25) is 9.59 Å². The molecule has 0 aliphatic carbocycles. The van der Waals surface area contributed by atoms with Crippen molar-refractivity contribution >= 4 is 23.6 Å². The van der Waals surface area contributed by atoms with Crippen molar-refractivity contribution in [3.8, 4) is 0 Å². The van der Waals surface area contributed by atoms with Crippen LogP contribution in [0, 0.1) is 6.92 Å². The van der Waals surface area contributed by atoms with E-state index in [2.05, 4.69) is 0 Å². The summed E-state index contributed by atoms with van der Waals surface area (Å²) >= 11 is 1.62. The predicted molar refractivity (Wildman–Crippen MR) is 114 cm³/mol. The zero-order chi connectivity index (χ0) is 20.4. The van der Waals surface area contributed by atoms with Crippen LogP contribution in [0.5, 0.6) is 0 Å². The highest BCUT2D eigenvalue weighted by atomic mass is 32.2. The Hall–Kier alpha value is -1.79. The predicted octanol–water partition coefficient (Wildman–Crippen LogP) is 3.43. The second-order valence-electron chi connectivity index (χ2n) is 7.24. The molecule has 6 heteroatoms. The molecule has 1 saturated heterocycles. The van der Waals surface area contributed by atoms with E-state index in [1.807, 2.05) is 48.2 Å². The summed E-state index contributed by atoms with van der Waals surface area (Å²) in [6.07, 6.45) is 7.24. The number of piperidine rings is 1. The Morgan fingerprint density at radius 1 is 1.36 bits per heavy atom. The number of thioether (sulfide) groups is 1. The Kier molecular flexibility index (Phi) is 9.58. The molecule has 0 aromatic heterocycles. The molecule has 5 nitrogen and oxygen atoms in total. The quantitative estimate of drug-likeness (QED) is 0.436. The normalized spacial score (nSPS) is 18.6. The minimum Gasteiger partial charge on any atom is -0.481 e. The van der Waals surface area contributed by atoms with E-state index in [0.29, 0.717) is 25.1 Å². The number of benzene rings is 1. The molecule has 2 N–H and O–H groups in total. The van der Waals surface area contributed by atoms with Crippen LogP contribution in [0.15, 0.2) is 36.4 Å². The fourth-order valence-corrected chi connectivity index (χ4v) is 4.28. The van der Waals surface area contributed by atoms with Crippen LogP contribution < -0.4 is 0 Å². The number of hydrogen-bond donors (Lipinski definition) is 2. The van der Waals surface area contributed by atoms with Gasteiger partial charge in [0.1, 0.15) is 0 Å². The van der Waals surface area contributed by atoms with E-state index in [-0.39, 0.29) is 18.4 Å². The van der Waals surface area contributed by atoms with Gasteiger partial charge in [-0.2, -0.15) is 11.8 Å². The van der Waals surface area contributed by atoms with Crippen LogP contribution in [-0.4, -0.2) is 57.2 Å². The molecule has 154 valence electrons. The van der Waals surface area contributed by atoms with Crippen molar-refractivity contribution in [2.24, 2.45) is 0 Å². The van der Waals surface area contributed by atoms with Crippen LogP contribution in [0.2, 0.25) is 0 Å². The molecule has 1 aliphatic rings. The number of carboxylic acids is 1. The molecule has 1 aliphatic heterocycles. The Morgan fingerprint density at radius 3 is 2.89 bits per heavy atom. The number of aliphatic hydroxyl groups is 1. The zero-order valence-electron chi connectivity index (χ0n) is 16.5. The van der Waals surface area contributed by atoms with E-state index in [4.69, 9.17) is 5.11 Å². The summed E-state index contributed by atoms with van der Waals surface area (Å²) in [6, 6.07) is 8.09. The first-order valence-corrected chi connectivity index (χ1v) is 11.1. The lowest BCUT2D eigenvalue weighted by Gasteiger charge is -2.34. The van der Waals surface area contributed by atoms with Gasteiger partial charge in [-0.1, -0.05) is 36.4 Å². The highest BCUT2D eigenvalue weighted by Crippen LogP contribution is 2.21. The number of amides is 1. The van der Waals surface area contributed by atoms with E-state index >= 15 is 0 Å². The fourth-order valence-electron chi connectivity index (χ4n) is 3.42. The van der Waals surface area contributed by atoms with Gasteiger partial charge in [0, 0.05) is 25.1 Å². The Labute approximate surface area is 171 Å². The van der Waals surface area contributed by atoms with E-state index < -0.39 is 12.1 Å². The molecule has 1 aromatic rings. The van der Waals surface area contributed by atoms with Gasteiger partial charge in [0.2, 0.25) is 5.91 Å². The van der Waals surface area contributed by atoms with Crippen LogP contribution in [0.4, 0.5) is 0 Å². The molecule has 28 heavy (non-hydrogen) atoms. The molecular formula is C22H31NO4S. The van der Waals surface area contributed by atoms with Crippen LogP contribution in [0.3, 0.4) is 0 Å². The molecule has 0 bridgehead atoms. The number of aliphatic hydroxyl groups excluding tert-OH is 1. The lowest BCUT2D eigenvalue weighted by molar-refractivity contribution is -0.136. The summed E-state index contributed by atoms with van der Waals surface area (Å²) in [6.45, 7) is 2.73. The van der Waals surface area contributed by atoms with Gasteiger partial charge < -0.3 is 15.1 Å². The maximum Gasteiger partial charge on any atom is 0.304 e. The van der Waals surface area contributed by atoms with Crippen molar-refractivity contribution in [3.05, 3.63) is 47.5 Å². The van der Waals surface area contributed by atoms with E-state index in [9.17, 15) is 14.7 Å². The monoisotopic (exact) mass is 405 g/mol. The van der Waals surface area contributed by atoms with Gasteiger partial charge in [-0.15, -0.1) is 0 Å². The van der Waals surface area contributed by atoms with Crippen molar-refractivity contribution in [2.45, 2.75) is 57.6 Å². The van der Waals surface area contributed by atoms with Crippen LogP contribution in [0.25, 0.3) is 0 Å². The smallest absolute Gasteiger partial charge is 0.304 e. The van der Waals surface area contributed by atoms with Gasteiger partial charge in [-0.05, 0) is 43.1 Å². The first-order valence-electron chi connectivity index (χ1n) is 9.97. The molecule has 1 aromatic carbocycles. The first-order chi connectivity index (χ1) is 13.5. The van der Waals surface area contributed by atoms with Gasteiger partial charge in [-0.25, -0.2) is 0 Å². The fraction of sp³-hybridized carbons (Fsp3) is 0.545. The summed E-state index contributed by atoms with van der Waals surface area (Å²) in [4.78, 5) is 24.8. The topological polar surface area (TPSA) is 77.8 Å². The van der Waals surface area contributed by atoms with E-state index in [1.165, 1.54) is 5.56 Å². The van der Waals surface area contributed by atoms with Gasteiger partial charge in [0.05, 0.1) is 18.6 Å². The number of aliphatic carboxylic acids is 1. The number of aryl methyl sites for hydroxylation is 1. The Morgan fingerprint density at radius 2 is 2.14 bits per heavy atom. The molecule has 2 rings (SSSR count). The number of carbonyl (C=O) groups is 2. The molecule has 0 saturated carbocycles. The number of hydrogen-bond acceptors (Lipinski definition) is 4. The average molecular weight is 406 g/mol. The third-order valence-corrected chi connectivity index (χ3v) is 6.08. The standard InChI is InChI=1S/C22H31NO4S/c1-17-6-2-3-7-18(17)16-20(24)11-10-19-8-4-9-21(25)23(19)13-5-14-28-15-12-22(26)27/h2-3,6-7,10-11,19-20,24H,4-5,8-9,12-16H2,1H3,(H,26,27). The molecular weight excluding hydrogens is 374 g/mol.